The summed E-state index contributed by atoms with van der Waals surface area (Å²) in [5, 5.41) is 7.95. The molecule has 0 saturated heterocycles. The van der Waals surface area contributed by atoms with E-state index in [-0.39, 0.29) is 6.61 Å². The van der Waals surface area contributed by atoms with E-state index in [0.717, 1.165) is 0 Å². The summed E-state index contributed by atoms with van der Waals surface area (Å²) >= 11 is 0. The second kappa shape index (κ2) is 3.40. The highest BCUT2D eigenvalue weighted by Crippen LogP contribution is 1.76. The number of hydrogen-bond donors (Lipinski definition) is 2. The molecule has 47 valence electrons. The van der Waals surface area contributed by atoms with Crippen LogP contribution >= 0.6 is 0 Å². The molecular formula is C4H8NO3. The van der Waals surface area contributed by atoms with E-state index < -0.39 is 12.2 Å². The van der Waals surface area contributed by atoms with Gasteiger partial charge in [-0.05, 0) is 6.92 Å². The van der Waals surface area contributed by atoms with Gasteiger partial charge in [0.15, 0.2) is 0 Å². The minimum atomic E-state index is -1.04. The summed E-state index contributed by atoms with van der Waals surface area (Å²) in [6.45, 7) is 2.82. The lowest BCUT2D eigenvalue weighted by atomic mass is 10.7. The molecule has 1 unspecified atom stereocenters. The Balaban J connectivity index is 3.05. The zero-order valence-electron chi connectivity index (χ0n) is 4.33. The molecule has 0 aromatic carbocycles. The number of nitrogens with two attached hydrogens (primary N) is 1. The highest BCUT2D eigenvalue weighted by atomic mass is 16.5. The fourth-order valence-electron chi connectivity index (χ4n) is 0.178. The summed E-state index contributed by atoms with van der Waals surface area (Å²) in [5.41, 5.74) is 4.94. The van der Waals surface area contributed by atoms with Gasteiger partial charge in [-0.15, -0.1) is 0 Å². The largest absolute Gasteiger partial charge is 0.480 e. The van der Waals surface area contributed by atoms with Gasteiger partial charge in [-0.25, -0.2) is 4.79 Å². The van der Waals surface area contributed by atoms with Crippen molar-refractivity contribution in [3.05, 3.63) is 6.92 Å². The second-order valence-corrected chi connectivity index (χ2v) is 1.24. The molecule has 0 aliphatic heterocycles. The molecule has 0 aromatic heterocycles. The van der Waals surface area contributed by atoms with Crippen LogP contribution in [0.4, 0.5) is 0 Å². The number of hydrogen-bond acceptors (Lipinski definition) is 3. The molecule has 4 nitrogen and oxygen atoms in total. The Hall–Kier alpha value is -0.610. The van der Waals surface area contributed by atoms with Crippen molar-refractivity contribution in [1.82, 2.24) is 0 Å². The zero-order chi connectivity index (χ0) is 6.57. The van der Waals surface area contributed by atoms with Crippen LogP contribution in [0.25, 0.3) is 0 Å². The van der Waals surface area contributed by atoms with Crippen molar-refractivity contribution >= 4 is 5.97 Å². The Labute approximate surface area is 47.2 Å². The van der Waals surface area contributed by atoms with E-state index in [0.29, 0.717) is 0 Å². The third kappa shape index (κ3) is 5.39. The SMILES string of the molecule is [CH2]C(N)OCC(=O)O. The first-order valence-electron chi connectivity index (χ1n) is 2.05. The molecule has 8 heavy (non-hydrogen) atoms. The Morgan fingerprint density at radius 1 is 2.00 bits per heavy atom. The van der Waals surface area contributed by atoms with Crippen LogP contribution < -0.4 is 5.73 Å². The van der Waals surface area contributed by atoms with E-state index in [9.17, 15) is 4.79 Å². The highest BCUT2D eigenvalue weighted by molar-refractivity contribution is 5.68. The topological polar surface area (TPSA) is 72.5 Å². The molecular weight excluding hydrogens is 110 g/mol. The molecule has 4 heteroatoms. The molecule has 1 radical (unpaired) electrons. The monoisotopic (exact) mass is 118 g/mol. The van der Waals surface area contributed by atoms with E-state index in [2.05, 4.69) is 11.7 Å². The normalized spacial score (nSPS) is 13.2. The number of carboxylic acids is 1. The summed E-state index contributed by atoms with van der Waals surface area (Å²) in [6, 6.07) is 0. The van der Waals surface area contributed by atoms with Crippen molar-refractivity contribution in [3.8, 4) is 0 Å². The van der Waals surface area contributed by atoms with Crippen molar-refractivity contribution in [2.45, 2.75) is 6.23 Å². The zero-order valence-corrected chi connectivity index (χ0v) is 4.33. The molecule has 0 fully saturated rings. The van der Waals surface area contributed by atoms with Gasteiger partial charge in [0, 0.05) is 0 Å². The van der Waals surface area contributed by atoms with Crippen LogP contribution in [0, 0.1) is 6.92 Å². The minimum Gasteiger partial charge on any atom is -0.480 e. The fourth-order valence-corrected chi connectivity index (χ4v) is 0.178. The molecule has 0 amide bonds. The van der Waals surface area contributed by atoms with E-state index in [4.69, 9.17) is 10.8 Å². The van der Waals surface area contributed by atoms with Crippen molar-refractivity contribution in [1.29, 1.82) is 0 Å². The predicted molar refractivity (Wildman–Crippen MR) is 26.9 cm³/mol. The Bertz CT molecular complexity index is 81.4. The van der Waals surface area contributed by atoms with Crippen LogP contribution in [0.3, 0.4) is 0 Å². The molecule has 1 atom stereocenters. The number of ether oxygens (including phenoxy) is 1. The maximum atomic E-state index is 9.70. The summed E-state index contributed by atoms with van der Waals surface area (Å²) in [5.74, 6) is -1.04. The lowest BCUT2D eigenvalue weighted by Crippen LogP contribution is -2.23. The lowest BCUT2D eigenvalue weighted by Gasteiger charge is -2.01. The molecule has 0 bridgehead atoms. The van der Waals surface area contributed by atoms with Gasteiger partial charge >= 0.3 is 5.97 Å². The summed E-state index contributed by atoms with van der Waals surface area (Å²) < 4.78 is 4.37. The third-order valence-electron chi connectivity index (χ3n) is 0.421. The van der Waals surface area contributed by atoms with Crippen molar-refractivity contribution in [3.63, 3.8) is 0 Å². The van der Waals surface area contributed by atoms with Crippen LogP contribution in [0.1, 0.15) is 0 Å². The first-order chi connectivity index (χ1) is 3.63. The number of rotatable bonds is 3. The first-order valence-corrected chi connectivity index (χ1v) is 2.05. The van der Waals surface area contributed by atoms with Gasteiger partial charge in [-0.1, -0.05) is 0 Å². The second-order valence-electron chi connectivity index (χ2n) is 1.24. The molecule has 0 aromatic rings. The van der Waals surface area contributed by atoms with Crippen molar-refractivity contribution < 1.29 is 14.6 Å². The molecule has 0 saturated carbocycles. The van der Waals surface area contributed by atoms with Crippen molar-refractivity contribution in [2.24, 2.45) is 5.73 Å². The standard InChI is InChI=1S/C4H8NO3/c1-3(5)8-2-4(6)7/h3H,1-2,5H2,(H,6,7). The Morgan fingerprint density at radius 3 is 2.62 bits per heavy atom. The maximum absolute atomic E-state index is 9.70. The van der Waals surface area contributed by atoms with E-state index in [1.807, 2.05) is 0 Å². The van der Waals surface area contributed by atoms with Crippen LogP contribution in [0.2, 0.25) is 0 Å². The number of aliphatic carboxylic acids is 1. The van der Waals surface area contributed by atoms with Crippen LogP contribution in [0.5, 0.6) is 0 Å². The van der Waals surface area contributed by atoms with E-state index >= 15 is 0 Å². The predicted octanol–water partition coefficient (Wildman–Crippen LogP) is -0.794. The maximum Gasteiger partial charge on any atom is 0.329 e. The average Bonchev–Trinajstić information content (AvgIpc) is 1.61. The molecule has 3 N–H and O–H groups in total. The average molecular weight is 118 g/mol. The molecule has 0 rings (SSSR count). The molecule has 0 aliphatic carbocycles. The van der Waals surface area contributed by atoms with Gasteiger partial charge in [0.05, 0.1) is 0 Å². The van der Waals surface area contributed by atoms with Gasteiger partial charge in [0.1, 0.15) is 12.8 Å². The number of carboxylic acid groups (broad SMARTS) is 1. The minimum absolute atomic E-state index is 0.384. The smallest absolute Gasteiger partial charge is 0.329 e. The first kappa shape index (κ1) is 7.39. The van der Waals surface area contributed by atoms with Crippen LogP contribution in [-0.2, 0) is 9.53 Å². The van der Waals surface area contributed by atoms with Crippen LogP contribution in [0.15, 0.2) is 0 Å². The van der Waals surface area contributed by atoms with E-state index in [1.165, 1.54) is 0 Å². The van der Waals surface area contributed by atoms with Gasteiger partial charge in [-0.3, -0.25) is 0 Å². The fraction of sp³-hybridized carbons (Fsp3) is 0.500. The summed E-state index contributed by atoms with van der Waals surface area (Å²) in [4.78, 5) is 9.70. The lowest BCUT2D eigenvalue weighted by molar-refractivity contribution is -0.143. The van der Waals surface area contributed by atoms with Crippen LogP contribution in [-0.4, -0.2) is 23.9 Å². The summed E-state index contributed by atoms with van der Waals surface area (Å²) in [7, 11) is 0. The quantitative estimate of drug-likeness (QED) is 0.476. The Kier molecular flexibility index (Phi) is 3.14. The molecule has 0 spiro atoms. The number of carbonyl (C=O) groups is 1. The van der Waals surface area contributed by atoms with Crippen molar-refractivity contribution in [2.75, 3.05) is 6.61 Å². The molecule has 0 aliphatic rings. The summed E-state index contributed by atoms with van der Waals surface area (Å²) in [6.07, 6.45) is -0.744. The van der Waals surface area contributed by atoms with Gasteiger partial charge in [-0.2, -0.15) is 0 Å². The van der Waals surface area contributed by atoms with Gasteiger partial charge in [0.25, 0.3) is 0 Å². The highest BCUT2D eigenvalue weighted by Gasteiger charge is 1.97. The van der Waals surface area contributed by atoms with Gasteiger partial charge in [0.2, 0.25) is 0 Å². The third-order valence-corrected chi connectivity index (χ3v) is 0.421. The Morgan fingerprint density at radius 2 is 2.50 bits per heavy atom. The van der Waals surface area contributed by atoms with Gasteiger partial charge < -0.3 is 15.6 Å². The molecule has 0 heterocycles. The van der Waals surface area contributed by atoms with E-state index in [1.54, 1.807) is 0 Å².